The second-order valence-electron chi connectivity index (χ2n) is 6.09. The molecule has 1 aliphatic heterocycles. The molecule has 2 unspecified atom stereocenters. The molecule has 0 aromatic heterocycles. The Morgan fingerprint density at radius 1 is 1.42 bits per heavy atom. The van der Waals surface area contributed by atoms with Gasteiger partial charge >= 0.3 is 0 Å². The molecular weight excluding hydrogens is 333 g/mol. The zero-order chi connectivity index (χ0) is 16.8. The van der Waals surface area contributed by atoms with E-state index in [-0.39, 0.29) is 55.1 Å². The molecule has 2 amide bonds. The number of hydrogen-bond donors (Lipinski definition) is 2. The molecule has 2 rings (SSSR count). The van der Waals surface area contributed by atoms with Crippen molar-refractivity contribution in [3.63, 3.8) is 0 Å². The first-order chi connectivity index (χ1) is 11.0. The van der Waals surface area contributed by atoms with Gasteiger partial charge < -0.3 is 16.0 Å². The van der Waals surface area contributed by atoms with Gasteiger partial charge in [-0.15, -0.1) is 12.4 Å². The summed E-state index contributed by atoms with van der Waals surface area (Å²) < 4.78 is 13.1. The zero-order valence-corrected chi connectivity index (χ0v) is 14.7. The van der Waals surface area contributed by atoms with Gasteiger partial charge in [0.2, 0.25) is 11.8 Å². The van der Waals surface area contributed by atoms with Crippen LogP contribution < -0.4 is 11.1 Å². The van der Waals surface area contributed by atoms with E-state index in [2.05, 4.69) is 5.32 Å². The third-order valence-corrected chi connectivity index (χ3v) is 4.17. The summed E-state index contributed by atoms with van der Waals surface area (Å²) in [5.74, 6) is -0.780. The molecule has 0 bridgehead atoms. The van der Waals surface area contributed by atoms with Gasteiger partial charge in [0.05, 0.1) is 13.0 Å². The van der Waals surface area contributed by atoms with Crippen molar-refractivity contribution in [1.29, 1.82) is 0 Å². The molecule has 1 aromatic carbocycles. The molecule has 0 aliphatic carbocycles. The molecule has 0 spiro atoms. The Morgan fingerprint density at radius 2 is 2.17 bits per heavy atom. The van der Waals surface area contributed by atoms with Gasteiger partial charge in [0.1, 0.15) is 5.82 Å². The minimum absolute atomic E-state index is 0. The van der Waals surface area contributed by atoms with E-state index in [1.165, 1.54) is 12.1 Å². The Balaban J connectivity index is 0.00000288. The third kappa shape index (κ3) is 5.76. The van der Waals surface area contributed by atoms with Crippen molar-refractivity contribution in [2.24, 2.45) is 5.73 Å². The topological polar surface area (TPSA) is 75.4 Å². The van der Waals surface area contributed by atoms with Crippen LogP contribution in [-0.2, 0) is 16.0 Å². The number of rotatable bonds is 5. The first kappa shape index (κ1) is 20.4. The highest BCUT2D eigenvalue weighted by Gasteiger charge is 2.29. The number of likely N-dealkylation sites (tertiary alicyclic amines) is 1. The summed E-state index contributed by atoms with van der Waals surface area (Å²) in [6.07, 6.45) is 3.00. The summed E-state index contributed by atoms with van der Waals surface area (Å²) in [7, 11) is 0. The van der Waals surface area contributed by atoms with Crippen molar-refractivity contribution in [1.82, 2.24) is 10.2 Å². The molecular formula is C17H25ClFN3O2. The van der Waals surface area contributed by atoms with Crippen LogP contribution in [0.3, 0.4) is 0 Å². The van der Waals surface area contributed by atoms with Gasteiger partial charge in [-0.2, -0.15) is 0 Å². The molecule has 5 nitrogen and oxygen atoms in total. The lowest BCUT2D eigenvalue weighted by Crippen LogP contribution is -2.54. The molecule has 1 fully saturated rings. The maximum atomic E-state index is 13.1. The number of benzene rings is 1. The Labute approximate surface area is 148 Å². The van der Waals surface area contributed by atoms with Crippen LogP contribution in [-0.4, -0.2) is 41.9 Å². The van der Waals surface area contributed by atoms with Crippen LogP contribution in [0.15, 0.2) is 24.3 Å². The van der Waals surface area contributed by atoms with Gasteiger partial charge in [0, 0.05) is 18.6 Å². The summed E-state index contributed by atoms with van der Waals surface area (Å²) in [6, 6.07) is 5.84. The average molecular weight is 358 g/mol. The molecule has 1 aromatic rings. The minimum atomic E-state index is -0.375. The fourth-order valence-electron chi connectivity index (χ4n) is 2.98. The van der Waals surface area contributed by atoms with E-state index in [4.69, 9.17) is 5.73 Å². The monoisotopic (exact) mass is 357 g/mol. The van der Waals surface area contributed by atoms with Crippen LogP contribution in [0.4, 0.5) is 4.39 Å². The second-order valence-corrected chi connectivity index (χ2v) is 6.09. The van der Waals surface area contributed by atoms with Gasteiger partial charge in [-0.25, -0.2) is 4.39 Å². The molecule has 0 saturated carbocycles. The van der Waals surface area contributed by atoms with E-state index in [0.29, 0.717) is 12.1 Å². The van der Waals surface area contributed by atoms with Crippen molar-refractivity contribution in [3.8, 4) is 0 Å². The number of nitrogens with zero attached hydrogens (tertiary/aromatic N) is 1. The number of halogens is 2. The average Bonchev–Trinajstić information content (AvgIpc) is 2.52. The predicted molar refractivity (Wildman–Crippen MR) is 93.4 cm³/mol. The van der Waals surface area contributed by atoms with E-state index in [9.17, 15) is 14.0 Å². The van der Waals surface area contributed by atoms with Crippen LogP contribution in [0.1, 0.15) is 31.7 Å². The summed E-state index contributed by atoms with van der Waals surface area (Å²) in [6.45, 7) is 2.54. The van der Waals surface area contributed by atoms with Gasteiger partial charge in [0.15, 0.2) is 0 Å². The van der Waals surface area contributed by atoms with Crippen molar-refractivity contribution < 1.29 is 14.0 Å². The second kappa shape index (κ2) is 9.59. The molecule has 134 valence electrons. The van der Waals surface area contributed by atoms with Crippen molar-refractivity contribution in [2.45, 2.75) is 44.7 Å². The van der Waals surface area contributed by atoms with Crippen molar-refractivity contribution >= 4 is 24.2 Å². The van der Waals surface area contributed by atoms with Crippen molar-refractivity contribution in [2.75, 3.05) is 13.1 Å². The molecule has 0 radical (unpaired) electrons. The highest BCUT2D eigenvalue weighted by Crippen LogP contribution is 2.18. The Bertz CT molecular complexity index is 569. The molecule has 7 heteroatoms. The molecule has 24 heavy (non-hydrogen) atoms. The predicted octanol–water partition coefficient (Wildman–Crippen LogP) is 1.63. The molecule has 3 N–H and O–H groups in total. The number of carbonyl (C=O) groups is 2. The smallest absolute Gasteiger partial charge is 0.242 e. The lowest BCUT2D eigenvalue weighted by atomic mass is 9.97. The maximum Gasteiger partial charge on any atom is 0.242 e. The zero-order valence-electron chi connectivity index (χ0n) is 13.8. The molecule has 1 saturated heterocycles. The van der Waals surface area contributed by atoms with Crippen LogP contribution in [0, 0.1) is 5.82 Å². The van der Waals surface area contributed by atoms with E-state index in [0.717, 1.165) is 19.3 Å². The lowest BCUT2D eigenvalue weighted by molar-refractivity contribution is -0.136. The van der Waals surface area contributed by atoms with Crippen LogP contribution in [0.5, 0.6) is 0 Å². The quantitative estimate of drug-likeness (QED) is 0.841. The first-order valence-corrected chi connectivity index (χ1v) is 8.03. The molecule has 1 heterocycles. The Kier molecular flexibility index (Phi) is 8.15. The Hall–Kier alpha value is -1.66. The number of hydrogen-bond acceptors (Lipinski definition) is 3. The van der Waals surface area contributed by atoms with Crippen LogP contribution in [0.25, 0.3) is 0 Å². The number of nitrogens with one attached hydrogen (secondary N) is 1. The largest absolute Gasteiger partial charge is 0.347 e. The van der Waals surface area contributed by atoms with Crippen molar-refractivity contribution in [3.05, 3.63) is 35.6 Å². The fraction of sp³-hybridized carbons (Fsp3) is 0.529. The number of amides is 2. The van der Waals surface area contributed by atoms with E-state index in [1.54, 1.807) is 17.0 Å². The highest BCUT2D eigenvalue weighted by molar-refractivity contribution is 5.86. The molecule has 2 atom stereocenters. The SMILES string of the molecule is CC(N)C1CCCCN1C(=O)CNC(=O)Cc1cccc(F)c1.Cl. The van der Waals surface area contributed by atoms with E-state index < -0.39 is 0 Å². The summed E-state index contributed by atoms with van der Waals surface area (Å²) >= 11 is 0. The number of carbonyl (C=O) groups excluding carboxylic acids is 2. The summed E-state index contributed by atoms with van der Waals surface area (Å²) in [5.41, 5.74) is 6.54. The minimum Gasteiger partial charge on any atom is -0.347 e. The van der Waals surface area contributed by atoms with Gasteiger partial charge in [-0.3, -0.25) is 9.59 Å². The lowest BCUT2D eigenvalue weighted by Gasteiger charge is -2.38. The van der Waals surface area contributed by atoms with Gasteiger partial charge in [-0.1, -0.05) is 12.1 Å². The molecule has 1 aliphatic rings. The van der Waals surface area contributed by atoms with E-state index >= 15 is 0 Å². The fourth-order valence-corrected chi connectivity index (χ4v) is 2.98. The van der Waals surface area contributed by atoms with Gasteiger partial charge in [0.25, 0.3) is 0 Å². The Morgan fingerprint density at radius 3 is 2.83 bits per heavy atom. The van der Waals surface area contributed by atoms with Crippen LogP contribution in [0.2, 0.25) is 0 Å². The van der Waals surface area contributed by atoms with E-state index in [1.807, 2.05) is 6.92 Å². The summed E-state index contributed by atoms with van der Waals surface area (Å²) in [4.78, 5) is 26.0. The standard InChI is InChI=1S/C17H24FN3O2.ClH/c1-12(19)15-7-2-3-8-21(15)17(23)11-20-16(22)10-13-5-4-6-14(18)9-13;/h4-6,9,12,15H,2-3,7-8,10-11,19H2,1H3,(H,20,22);1H. The maximum absolute atomic E-state index is 13.1. The third-order valence-electron chi connectivity index (χ3n) is 4.17. The number of piperidine rings is 1. The van der Waals surface area contributed by atoms with Gasteiger partial charge in [-0.05, 0) is 43.9 Å². The highest BCUT2D eigenvalue weighted by atomic mass is 35.5. The van der Waals surface area contributed by atoms with Crippen LogP contribution >= 0.6 is 12.4 Å². The number of nitrogens with two attached hydrogens (primary N) is 1. The summed E-state index contributed by atoms with van der Waals surface area (Å²) in [5, 5.41) is 2.61. The normalized spacial score (nSPS) is 18.5. The first-order valence-electron chi connectivity index (χ1n) is 8.03.